The molecule has 0 unspecified atom stereocenters. The Bertz CT molecular complexity index is 592. The van der Waals surface area contributed by atoms with Crippen molar-refractivity contribution in [1.29, 1.82) is 0 Å². The summed E-state index contributed by atoms with van der Waals surface area (Å²) in [4.78, 5) is 0. The maximum Gasteiger partial charge on any atom is 0.169 e. The highest BCUT2D eigenvalue weighted by Crippen LogP contribution is 2.37. The number of rotatable bonds is 2. The number of nitrogen functional groups attached to an aromatic ring is 1. The van der Waals surface area contributed by atoms with Crippen molar-refractivity contribution in [3.8, 4) is 22.8 Å². The molecule has 1 aliphatic rings. The molecule has 2 aromatic rings. The molecule has 1 aromatic heterocycles. The van der Waals surface area contributed by atoms with E-state index in [1.165, 1.54) is 0 Å². The van der Waals surface area contributed by atoms with Gasteiger partial charge in [0.2, 0.25) is 0 Å². The van der Waals surface area contributed by atoms with Gasteiger partial charge in [0.05, 0.1) is 13.2 Å². The average molecular weight is 260 g/mol. The van der Waals surface area contributed by atoms with Crippen LogP contribution in [0.1, 0.15) is 18.9 Å². The van der Waals surface area contributed by atoms with Crippen LogP contribution in [0, 0.1) is 0 Å². The first-order chi connectivity index (χ1) is 9.28. The third-order valence-electron chi connectivity index (χ3n) is 3.15. The summed E-state index contributed by atoms with van der Waals surface area (Å²) in [6.45, 7) is 3.43. The fraction of sp³-hybridized carbons (Fsp3) is 0.357. The number of benzene rings is 1. The van der Waals surface area contributed by atoms with Crippen LogP contribution >= 0.6 is 0 Å². The molecular formula is C14H16N2O3. The van der Waals surface area contributed by atoms with Gasteiger partial charge in [-0.25, -0.2) is 0 Å². The molecule has 0 atom stereocenters. The summed E-state index contributed by atoms with van der Waals surface area (Å²) in [5.41, 5.74) is 7.69. The first-order valence-electron chi connectivity index (χ1n) is 6.43. The van der Waals surface area contributed by atoms with E-state index in [9.17, 15) is 0 Å². The fourth-order valence-electron chi connectivity index (χ4n) is 2.19. The molecule has 0 saturated carbocycles. The maximum absolute atomic E-state index is 5.70. The van der Waals surface area contributed by atoms with Crippen LogP contribution in [0.2, 0.25) is 0 Å². The van der Waals surface area contributed by atoms with Crippen LogP contribution in [0.4, 0.5) is 5.82 Å². The number of fused-ring (bicyclic) bond motifs is 1. The third-order valence-corrected chi connectivity index (χ3v) is 3.15. The smallest absolute Gasteiger partial charge is 0.169 e. The lowest BCUT2D eigenvalue weighted by Gasteiger charge is -2.12. The molecule has 2 N–H and O–H groups in total. The minimum Gasteiger partial charge on any atom is -0.490 e. The maximum atomic E-state index is 5.70. The van der Waals surface area contributed by atoms with Gasteiger partial charge in [-0.05, 0) is 24.1 Å². The topological polar surface area (TPSA) is 70.5 Å². The molecule has 1 aromatic carbocycles. The van der Waals surface area contributed by atoms with Gasteiger partial charge in [0.15, 0.2) is 23.1 Å². The molecule has 5 heteroatoms. The fourth-order valence-corrected chi connectivity index (χ4v) is 2.19. The van der Waals surface area contributed by atoms with Crippen molar-refractivity contribution >= 4 is 5.82 Å². The van der Waals surface area contributed by atoms with Gasteiger partial charge >= 0.3 is 0 Å². The van der Waals surface area contributed by atoms with Gasteiger partial charge in [-0.3, -0.25) is 0 Å². The highest BCUT2D eigenvalue weighted by Gasteiger charge is 2.17. The van der Waals surface area contributed by atoms with E-state index in [4.69, 9.17) is 19.7 Å². The molecule has 0 spiro atoms. The van der Waals surface area contributed by atoms with E-state index in [0.29, 0.717) is 24.8 Å². The van der Waals surface area contributed by atoms with Gasteiger partial charge < -0.3 is 19.7 Å². The van der Waals surface area contributed by atoms with E-state index in [2.05, 4.69) is 12.1 Å². The highest BCUT2D eigenvalue weighted by atomic mass is 16.5. The minimum absolute atomic E-state index is 0.379. The SMILES string of the molecule is CCc1cc2c(cc1-c1cc(N)no1)OCCCO2. The lowest BCUT2D eigenvalue weighted by Crippen LogP contribution is -1.97. The van der Waals surface area contributed by atoms with Crippen LogP contribution in [0.25, 0.3) is 11.3 Å². The Balaban J connectivity index is 2.10. The molecule has 19 heavy (non-hydrogen) atoms. The number of aromatic nitrogens is 1. The molecular weight excluding hydrogens is 244 g/mol. The highest BCUT2D eigenvalue weighted by molar-refractivity contribution is 5.68. The third kappa shape index (κ3) is 2.23. The van der Waals surface area contributed by atoms with Gasteiger partial charge in [0, 0.05) is 18.1 Å². The second-order valence-electron chi connectivity index (χ2n) is 4.48. The minimum atomic E-state index is 0.379. The van der Waals surface area contributed by atoms with Gasteiger partial charge in [-0.15, -0.1) is 0 Å². The van der Waals surface area contributed by atoms with E-state index in [0.717, 1.165) is 35.5 Å². The average Bonchev–Trinajstić information content (AvgIpc) is 2.72. The predicted octanol–water partition coefficient (Wildman–Crippen LogP) is 2.65. The number of nitrogens with two attached hydrogens (primary N) is 1. The van der Waals surface area contributed by atoms with Crippen molar-refractivity contribution in [2.75, 3.05) is 18.9 Å². The zero-order chi connectivity index (χ0) is 13.2. The van der Waals surface area contributed by atoms with Crippen molar-refractivity contribution in [1.82, 2.24) is 5.16 Å². The molecule has 100 valence electrons. The molecule has 0 radical (unpaired) electrons. The molecule has 0 fully saturated rings. The lowest BCUT2D eigenvalue weighted by molar-refractivity contribution is 0.297. The van der Waals surface area contributed by atoms with Crippen molar-refractivity contribution in [2.24, 2.45) is 0 Å². The van der Waals surface area contributed by atoms with Gasteiger partial charge in [0.1, 0.15) is 0 Å². The molecule has 0 amide bonds. The van der Waals surface area contributed by atoms with E-state index >= 15 is 0 Å². The summed E-state index contributed by atoms with van der Waals surface area (Å²) in [7, 11) is 0. The summed E-state index contributed by atoms with van der Waals surface area (Å²) in [6, 6.07) is 5.67. The van der Waals surface area contributed by atoms with E-state index in [-0.39, 0.29) is 0 Å². The standard InChI is InChI=1S/C14H16N2O3/c1-2-9-6-12-13(18-5-3-4-17-12)7-10(9)11-8-14(15)16-19-11/h6-8H,2-5H2,1H3,(H2,15,16). The molecule has 0 saturated heterocycles. The van der Waals surface area contributed by atoms with E-state index in [1.807, 2.05) is 12.1 Å². The number of hydrogen-bond donors (Lipinski definition) is 1. The number of anilines is 1. The first-order valence-corrected chi connectivity index (χ1v) is 6.43. The molecule has 0 bridgehead atoms. The van der Waals surface area contributed by atoms with Crippen LogP contribution in [0.3, 0.4) is 0 Å². The molecule has 1 aliphatic heterocycles. The van der Waals surface area contributed by atoms with Crippen molar-refractivity contribution in [3.63, 3.8) is 0 Å². The van der Waals surface area contributed by atoms with Gasteiger partial charge in [0.25, 0.3) is 0 Å². The van der Waals surface area contributed by atoms with Crippen LogP contribution in [0.5, 0.6) is 11.5 Å². The summed E-state index contributed by atoms with van der Waals surface area (Å²) < 4.78 is 16.6. The number of hydrogen-bond acceptors (Lipinski definition) is 5. The molecule has 0 aliphatic carbocycles. The number of aryl methyl sites for hydroxylation is 1. The predicted molar refractivity (Wildman–Crippen MR) is 71.3 cm³/mol. The van der Waals surface area contributed by atoms with Gasteiger partial charge in [-0.1, -0.05) is 12.1 Å². The molecule has 3 rings (SSSR count). The van der Waals surface area contributed by atoms with Crippen LogP contribution in [-0.4, -0.2) is 18.4 Å². The van der Waals surface area contributed by atoms with Crippen molar-refractivity contribution in [3.05, 3.63) is 23.8 Å². The Labute approximate surface area is 111 Å². The van der Waals surface area contributed by atoms with Crippen molar-refractivity contribution in [2.45, 2.75) is 19.8 Å². The van der Waals surface area contributed by atoms with E-state index in [1.54, 1.807) is 6.07 Å². The first kappa shape index (κ1) is 11.9. The molecule has 5 nitrogen and oxygen atoms in total. The van der Waals surface area contributed by atoms with Gasteiger partial charge in [-0.2, -0.15) is 0 Å². The van der Waals surface area contributed by atoms with Crippen molar-refractivity contribution < 1.29 is 14.0 Å². The molecule has 2 heterocycles. The Kier molecular flexibility index (Phi) is 3.03. The van der Waals surface area contributed by atoms with E-state index < -0.39 is 0 Å². The summed E-state index contributed by atoms with van der Waals surface area (Å²) in [5, 5.41) is 3.73. The summed E-state index contributed by atoms with van der Waals surface area (Å²) >= 11 is 0. The normalized spacial score (nSPS) is 14.2. The second-order valence-corrected chi connectivity index (χ2v) is 4.48. The second kappa shape index (κ2) is 4.84. The van der Waals surface area contributed by atoms with Crippen LogP contribution in [0.15, 0.2) is 22.7 Å². The number of ether oxygens (including phenoxy) is 2. The van der Waals surface area contributed by atoms with Crippen LogP contribution in [-0.2, 0) is 6.42 Å². The number of nitrogens with zero attached hydrogens (tertiary/aromatic N) is 1. The summed E-state index contributed by atoms with van der Waals surface area (Å²) in [5.74, 6) is 2.58. The monoisotopic (exact) mass is 260 g/mol. The Morgan fingerprint density at radius 3 is 2.53 bits per heavy atom. The zero-order valence-electron chi connectivity index (χ0n) is 10.8. The quantitative estimate of drug-likeness (QED) is 0.898. The Morgan fingerprint density at radius 1 is 1.16 bits per heavy atom. The zero-order valence-corrected chi connectivity index (χ0v) is 10.8. The lowest BCUT2D eigenvalue weighted by atomic mass is 10.0. The Morgan fingerprint density at radius 2 is 1.89 bits per heavy atom. The summed E-state index contributed by atoms with van der Waals surface area (Å²) in [6.07, 6.45) is 1.76. The van der Waals surface area contributed by atoms with Crippen LogP contribution < -0.4 is 15.2 Å². The largest absolute Gasteiger partial charge is 0.490 e. The Hall–Kier alpha value is -2.17.